The average molecular weight is 263 g/mol. The molecule has 0 spiro atoms. The molecule has 0 fully saturated rings. The summed E-state index contributed by atoms with van der Waals surface area (Å²) in [6, 6.07) is 3.21. The lowest BCUT2D eigenvalue weighted by molar-refractivity contribution is -0.142. The average Bonchev–Trinajstić information content (AvgIpc) is 2.17. The number of ether oxygens (including phenoxy) is 2. The van der Waals surface area contributed by atoms with E-state index in [1.54, 1.807) is 19.1 Å². The maximum absolute atomic E-state index is 11.3. The van der Waals surface area contributed by atoms with E-state index in [0.717, 1.165) is 0 Å². The zero-order valence-corrected chi connectivity index (χ0v) is 10.6. The summed E-state index contributed by atoms with van der Waals surface area (Å²) >= 11 is 11.8. The van der Waals surface area contributed by atoms with Gasteiger partial charge in [-0.15, -0.1) is 0 Å². The van der Waals surface area contributed by atoms with Gasteiger partial charge in [-0.3, -0.25) is 4.79 Å². The van der Waals surface area contributed by atoms with Crippen LogP contribution in [0.2, 0.25) is 10.0 Å². The van der Waals surface area contributed by atoms with Crippen molar-refractivity contribution >= 4 is 29.2 Å². The second-order valence-corrected chi connectivity index (χ2v) is 3.91. The lowest BCUT2D eigenvalue weighted by Crippen LogP contribution is -2.08. The minimum atomic E-state index is -0.334. The molecular formula is C11H12Cl2O3. The van der Waals surface area contributed by atoms with Crippen LogP contribution in [0.5, 0.6) is 5.75 Å². The quantitative estimate of drug-likeness (QED) is 0.783. The van der Waals surface area contributed by atoms with Crippen molar-refractivity contribution in [2.45, 2.75) is 13.3 Å². The first-order chi connectivity index (χ1) is 7.58. The fraction of sp³-hybridized carbons (Fsp3) is 0.364. The van der Waals surface area contributed by atoms with E-state index in [1.165, 1.54) is 7.11 Å². The van der Waals surface area contributed by atoms with Gasteiger partial charge in [0.15, 0.2) is 0 Å². The molecule has 0 saturated heterocycles. The maximum Gasteiger partial charge on any atom is 0.310 e. The summed E-state index contributed by atoms with van der Waals surface area (Å²) in [5.41, 5.74) is 0.624. The molecule has 0 unspecified atom stereocenters. The Bertz CT molecular complexity index is 391. The molecule has 0 radical (unpaired) electrons. The Morgan fingerprint density at radius 1 is 1.38 bits per heavy atom. The van der Waals surface area contributed by atoms with Gasteiger partial charge in [-0.2, -0.15) is 0 Å². The van der Waals surface area contributed by atoms with E-state index in [4.69, 9.17) is 32.7 Å². The Morgan fingerprint density at radius 2 is 2.06 bits per heavy atom. The molecule has 5 heteroatoms. The summed E-state index contributed by atoms with van der Waals surface area (Å²) in [4.78, 5) is 11.3. The van der Waals surface area contributed by atoms with Crippen LogP contribution in [-0.2, 0) is 16.0 Å². The number of hydrogen-bond acceptors (Lipinski definition) is 3. The van der Waals surface area contributed by atoms with Gasteiger partial charge in [0.25, 0.3) is 0 Å². The standard InChI is InChI=1S/C11H12Cl2O3/c1-3-16-10(14)5-7-4-8(12)6-9(13)11(7)15-2/h4,6H,3,5H2,1-2H3. The smallest absolute Gasteiger partial charge is 0.310 e. The van der Waals surface area contributed by atoms with Crippen molar-refractivity contribution in [2.24, 2.45) is 0 Å². The van der Waals surface area contributed by atoms with E-state index in [9.17, 15) is 4.79 Å². The first kappa shape index (κ1) is 13.1. The molecule has 1 aromatic rings. The summed E-state index contributed by atoms with van der Waals surface area (Å²) in [7, 11) is 1.49. The van der Waals surface area contributed by atoms with E-state index < -0.39 is 0 Å². The summed E-state index contributed by atoms with van der Waals surface area (Å²) in [6.07, 6.45) is 0.0945. The molecule has 0 heterocycles. The third kappa shape index (κ3) is 3.29. The number of hydrogen-bond donors (Lipinski definition) is 0. The Morgan fingerprint density at radius 3 is 2.62 bits per heavy atom. The highest BCUT2D eigenvalue weighted by Gasteiger charge is 2.13. The SMILES string of the molecule is CCOC(=O)Cc1cc(Cl)cc(Cl)c1OC. The molecule has 88 valence electrons. The van der Waals surface area contributed by atoms with Gasteiger partial charge in [-0.05, 0) is 19.1 Å². The third-order valence-electron chi connectivity index (χ3n) is 1.93. The zero-order chi connectivity index (χ0) is 12.1. The molecule has 1 aromatic carbocycles. The number of rotatable bonds is 4. The lowest BCUT2D eigenvalue weighted by atomic mass is 10.1. The molecule has 0 N–H and O–H groups in total. The Balaban J connectivity index is 2.97. The van der Waals surface area contributed by atoms with Gasteiger partial charge in [-0.1, -0.05) is 23.2 Å². The zero-order valence-electron chi connectivity index (χ0n) is 9.05. The fourth-order valence-corrected chi connectivity index (χ4v) is 1.95. The van der Waals surface area contributed by atoms with Crippen LogP contribution in [0, 0.1) is 0 Å². The van der Waals surface area contributed by atoms with E-state index >= 15 is 0 Å². The maximum atomic E-state index is 11.3. The second kappa shape index (κ2) is 5.97. The molecule has 0 bridgehead atoms. The lowest BCUT2D eigenvalue weighted by Gasteiger charge is -2.10. The molecular weight excluding hydrogens is 251 g/mol. The number of halogens is 2. The number of carbonyl (C=O) groups excluding carboxylic acids is 1. The highest BCUT2D eigenvalue weighted by atomic mass is 35.5. The van der Waals surface area contributed by atoms with Crippen LogP contribution >= 0.6 is 23.2 Å². The van der Waals surface area contributed by atoms with Crippen molar-refractivity contribution in [3.8, 4) is 5.75 Å². The van der Waals surface area contributed by atoms with Gasteiger partial charge in [0.1, 0.15) is 5.75 Å². The Hall–Kier alpha value is -0.930. The molecule has 0 aromatic heterocycles. The minimum absolute atomic E-state index is 0.0945. The second-order valence-electron chi connectivity index (χ2n) is 3.06. The summed E-state index contributed by atoms with van der Waals surface area (Å²) < 4.78 is 9.96. The first-order valence-electron chi connectivity index (χ1n) is 4.76. The number of methoxy groups -OCH3 is 1. The number of carbonyl (C=O) groups is 1. The number of benzene rings is 1. The van der Waals surface area contributed by atoms with Crippen LogP contribution in [0.3, 0.4) is 0 Å². The molecule has 0 aliphatic heterocycles. The van der Waals surface area contributed by atoms with E-state index in [0.29, 0.717) is 28.0 Å². The van der Waals surface area contributed by atoms with Gasteiger partial charge in [0.2, 0.25) is 0 Å². The molecule has 0 aliphatic carbocycles. The van der Waals surface area contributed by atoms with Gasteiger partial charge in [0.05, 0.1) is 25.2 Å². The van der Waals surface area contributed by atoms with Crippen molar-refractivity contribution in [2.75, 3.05) is 13.7 Å². The van der Waals surface area contributed by atoms with E-state index in [-0.39, 0.29) is 12.4 Å². The van der Waals surface area contributed by atoms with Crippen LogP contribution in [-0.4, -0.2) is 19.7 Å². The number of esters is 1. The van der Waals surface area contributed by atoms with Gasteiger partial charge in [-0.25, -0.2) is 0 Å². The summed E-state index contributed by atoms with van der Waals surface area (Å²) in [5, 5.41) is 0.847. The Kier molecular flexibility index (Phi) is 4.90. The fourth-order valence-electron chi connectivity index (χ4n) is 1.34. The molecule has 3 nitrogen and oxygen atoms in total. The monoisotopic (exact) mass is 262 g/mol. The molecule has 0 saturated carbocycles. The van der Waals surface area contributed by atoms with Gasteiger partial charge < -0.3 is 9.47 Å². The molecule has 0 atom stereocenters. The van der Waals surface area contributed by atoms with Crippen LogP contribution in [0.25, 0.3) is 0 Å². The molecule has 1 rings (SSSR count). The van der Waals surface area contributed by atoms with E-state index in [2.05, 4.69) is 0 Å². The van der Waals surface area contributed by atoms with Crippen molar-refractivity contribution < 1.29 is 14.3 Å². The first-order valence-corrected chi connectivity index (χ1v) is 5.51. The van der Waals surface area contributed by atoms with Crippen LogP contribution in [0.4, 0.5) is 0 Å². The van der Waals surface area contributed by atoms with Crippen molar-refractivity contribution in [3.05, 3.63) is 27.7 Å². The Labute approximate surface area is 104 Å². The minimum Gasteiger partial charge on any atom is -0.495 e. The molecule has 0 aliphatic rings. The van der Waals surface area contributed by atoms with Crippen LogP contribution in [0.1, 0.15) is 12.5 Å². The molecule has 0 amide bonds. The summed E-state index contributed by atoms with van der Waals surface area (Å²) in [6.45, 7) is 2.09. The summed E-state index contributed by atoms with van der Waals surface area (Å²) in [5.74, 6) is 0.123. The van der Waals surface area contributed by atoms with Crippen LogP contribution < -0.4 is 4.74 Å². The van der Waals surface area contributed by atoms with Gasteiger partial charge >= 0.3 is 5.97 Å². The van der Waals surface area contributed by atoms with E-state index in [1.807, 2.05) is 0 Å². The third-order valence-corrected chi connectivity index (χ3v) is 2.43. The normalized spacial score (nSPS) is 10.0. The highest BCUT2D eigenvalue weighted by Crippen LogP contribution is 2.32. The van der Waals surface area contributed by atoms with Crippen molar-refractivity contribution in [1.29, 1.82) is 0 Å². The van der Waals surface area contributed by atoms with Crippen LogP contribution in [0.15, 0.2) is 12.1 Å². The van der Waals surface area contributed by atoms with Crippen molar-refractivity contribution in [3.63, 3.8) is 0 Å². The molecule has 16 heavy (non-hydrogen) atoms. The predicted molar refractivity (Wildman–Crippen MR) is 63.4 cm³/mol. The predicted octanol–water partition coefficient (Wildman–Crippen LogP) is 3.11. The van der Waals surface area contributed by atoms with Crippen molar-refractivity contribution in [1.82, 2.24) is 0 Å². The highest BCUT2D eigenvalue weighted by molar-refractivity contribution is 6.35. The van der Waals surface area contributed by atoms with Gasteiger partial charge in [0, 0.05) is 10.6 Å². The topological polar surface area (TPSA) is 35.5 Å². The largest absolute Gasteiger partial charge is 0.495 e.